The van der Waals surface area contributed by atoms with Crippen LogP contribution in [0.2, 0.25) is 0 Å². The molecule has 7 heteroatoms. The number of fused-ring (bicyclic) bond motifs is 5. The van der Waals surface area contributed by atoms with E-state index < -0.39 is 0 Å². The van der Waals surface area contributed by atoms with Gasteiger partial charge in [0.1, 0.15) is 0 Å². The Kier molecular flexibility index (Phi) is 4.09. The number of hydrogen-bond acceptors (Lipinski definition) is 4. The Bertz CT molecular complexity index is 910. The third-order valence-corrected chi connectivity index (χ3v) is 4.93. The second kappa shape index (κ2) is 6.28. The molecule has 4 heterocycles. The predicted octanol–water partition coefficient (Wildman–Crippen LogP) is 2.94. The summed E-state index contributed by atoms with van der Waals surface area (Å²) in [4.78, 5) is 9.33. The molecule has 0 bridgehead atoms. The average molecular weight is 358 g/mol. The number of nitrogens with zero attached hydrogens (tertiary/aromatic N) is 5. The summed E-state index contributed by atoms with van der Waals surface area (Å²) in [5, 5.41) is 4.78. The maximum absolute atomic E-state index is 5.74. The summed E-state index contributed by atoms with van der Waals surface area (Å²) in [6, 6.07) is 8.32. The molecule has 2 aliphatic rings. The minimum absolute atomic E-state index is 0. The molecule has 0 saturated carbocycles. The maximum Gasteiger partial charge on any atom is 0.160 e. The van der Waals surface area contributed by atoms with Gasteiger partial charge < -0.3 is 9.30 Å². The van der Waals surface area contributed by atoms with Crippen LogP contribution in [-0.4, -0.2) is 37.0 Å². The van der Waals surface area contributed by atoms with Gasteiger partial charge in [0.2, 0.25) is 0 Å². The van der Waals surface area contributed by atoms with Gasteiger partial charge in [-0.25, -0.2) is 14.6 Å². The van der Waals surface area contributed by atoms with Crippen LogP contribution in [0, 0.1) is 6.92 Å². The molecule has 0 N–H and O–H groups in total. The highest BCUT2D eigenvalue weighted by molar-refractivity contribution is 5.85. The number of rotatable bonds is 2. The van der Waals surface area contributed by atoms with Gasteiger partial charge in [0.05, 0.1) is 36.1 Å². The van der Waals surface area contributed by atoms with Gasteiger partial charge in [0.25, 0.3) is 0 Å². The largest absolute Gasteiger partial charge is 0.378 e. The molecular formula is C18H20ClN5O. The van der Waals surface area contributed by atoms with Gasteiger partial charge >= 0.3 is 0 Å². The first-order valence-corrected chi connectivity index (χ1v) is 8.47. The highest BCUT2D eigenvalue weighted by atomic mass is 35.5. The molecule has 1 aromatic carbocycles. The summed E-state index contributed by atoms with van der Waals surface area (Å²) < 4.78 is 9.91. The fourth-order valence-corrected chi connectivity index (χ4v) is 3.67. The van der Waals surface area contributed by atoms with Crippen molar-refractivity contribution in [3.63, 3.8) is 0 Å². The molecule has 5 rings (SSSR count). The van der Waals surface area contributed by atoms with Crippen molar-refractivity contribution >= 4 is 12.4 Å². The minimum atomic E-state index is 0. The summed E-state index contributed by atoms with van der Waals surface area (Å²) in [6.07, 6.45) is 5.19. The molecule has 0 amide bonds. The summed E-state index contributed by atoms with van der Waals surface area (Å²) >= 11 is 0. The molecule has 1 saturated heterocycles. The number of ether oxygens (including phenoxy) is 1. The molecule has 2 aliphatic heterocycles. The first-order chi connectivity index (χ1) is 11.8. The predicted molar refractivity (Wildman–Crippen MR) is 96.3 cm³/mol. The Balaban J connectivity index is 0.00000157. The number of imidazole rings is 1. The molecule has 3 aromatic rings. The normalized spacial score (nSPS) is 18.0. The number of para-hydroxylation sites is 1. The number of hydrogen-bond donors (Lipinski definition) is 0. The van der Waals surface area contributed by atoms with Crippen molar-refractivity contribution in [2.75, 3.05) is 6.61 Å². The van der Waals surface area contributed by atoms with Gasteiger partial charge in [-0.1, -0.05) is 12.1 Å². The van der Waals surface area contributed by atoms with E-state index in [0.29, 0.717) is 6.54 Å². The Morgan fingerprint density at radius 3 is 3.00 bits per heavy atom. The highest BCUT2D eigenvalue weighted by Crippen LogP contribution is 2.31. The van der Waals surface area contributed by atoms with Gasteiger partial charge in [-0.2, -0.15) is 5.10 Å². The minimum Gasteiger partial charge on any atom is -0.378 e. The Hall–Kier alpha value is -2.18. The standard InChI is InChI=1S/C18H19N5O.ClH/c1-12-16-10-23-18(20-17(21-23)9-13-5-4-8-24-13)14-6-2-3-7-15(14)22(16)11-19-12;/h2-3,6-7,11,13H,4-5,8-10H2,1H3;1H. The average Bonchev–Trinajstić information content (AvgIpc) is 3.30. The second-order valence-corrected chi connectivity index (χ2v) is 6.51. The van der Waals surface area contributed by atoms with Crippen LogP contribution < -0.4 is 0 Å². The van der Waals surface area contributed by atoms with Gasteiger partial charge in [-0.3, -0.25) is 0 Å². The van der Waals surface area contributed by atoms with E-state index in [1.165, 1.54) is 0 Å². The van der Waals surface area contributed by atoms with Crippen molar-refractivity contribution in [3.8, 4) is 17.1 Å². The number of benzene rings is 1. The van der Waals surface area contributed by atoms with Crippen LogP contribution in [0.25, 0.3) is 17.1 Å². The fraction of sp³-hybridized carbons (Fsp3) is 0.389. The Labute approximate surface area is 152 Å². The van der Waals surface area contributed by atoms with E-state index >= 15 is 0 Å². The second-order valence-electron chi connectivity index (χ2n) is 6.51. The quantitative estimate of drug-likeness (QED) is 0.553. The number of halogens is 1. The van der Waals surface area contributed by atoms with Crippen molar-refractivity contribution in [1.29, 1.82) is 0 Å². The molecule has 1 fully saturated rings. The zero-order chi connectivity index (χ0) is 16.1. The first-order valence-electron chi connectivity index (χ1n) is 8.47. The fourth-order valence-electron chi connectivity index (χ4n) is 3.67. The molecule has 0 radical (unpaired) electrons. The summed E-state index contributed by atoms with van der Waals surface area (Å²) in [7, 11) is 0. The smallest absolute Gasteiger partial charge is 0.160 e. The lowest BCUT2D eigenvalue weighted by Gasteiger charge is -2.08. The molecule has 0 aliphatic carbocycles. The van der Waals surface area contributed by atoms with E-state index in [4.69, 9.17) is 14.8 Å². The topological polar surface area (TPSA) is 57.8 Å². The van der Waals surface area contributed by atoms with Gasteiger partial charge in [0.15, 0.2) is 11.6 Å². The van der Waals surface area contributed by atoms with Crippen LogP contribution in [0.3, 0.4) is 0 Å². The SMILES string of the molecule is Cc1ncn2c1Cn1nc(CC3CCCO3)nc1-c1ccccc1-2.Cl. The third kappa shape index (κ3) is 2.65. The van der Waals surface area contributed by atoms with E-state index in [-0.39, 0.29) is 18.5 Å². The molecular weight excluding hydrogens is 338 g/mol. The zero-order valence-electron chi connectivity index (χ0n) is 14.1. The van der Waals surface area contributed by atoms with Crippen molar-refractivity contribution in [2.24, 2.45) is 0 Å². The number of aryl methyl sites for hydroxylation is 1. The zero-order valence-corrected chi connectivity index (χ0v) is 14.9. The van der Waals surface area contributed by atoms with Crippen molar-refractivity contribution < 1.29 is 4.74 Å². The lowest BCUT2D eigenvalue weighted by molar-refractivity contribution is 0.110. The van der Waals surface area contributed by atoms with Gasteiger partial charge in [0, 0.05) is 18.6 Å². The van der Waals surface area contributed by atoms with Crippen LogP contribution in [0.5, 0.6) is 0 Å². The lowest BCUT2D eigenvalue weighted by Crippen LogP contribution is -2.11. The van der Waals surface area contributed by atoms with E-state index in [1.54, 1.807) is 0 Å². The summed E-state index contributed by atoms with van der Waals surface area (Å²) in [6.45, 7) is 3.59. The van der Waals surface area contributed by atoms with E-state index in [9.17, 15) is 0 Å². The van der Waals surface area contributed by atoms with E-state index in [0.717, 1.165) is 60.2 Å². The summed E-state index contributed by atoms with van der Waals surface area (Å²) in [5.74, 6) is 1.80. The molecule has 6 nitrogen and oxygen atoms in total. The monoisotopic (exact) mass is 357 g/mol. The summed E-state index contributed by atoms with van der Waals surface area (Å²) in [5.41, 5.74) is 4.41. The molecule has 25 heavy (non-hydrogen) atoms. The Morgan fingerprint density at radius 1 is 1.28 bits per heavy atom. The number of aromatic nitrogens is 5. The van der Waals surface area contributed by atoms with E-state index in [1.807, 2.05) is 24.0 Å². The lowest BCUT2D eigenvalue weighted by atomic mass is 10.1. The van der Waals surface area contributed by atoms with Crippen molar-refractivity contribution in [1.82, 2.24) is 24.3 Å². The van der Waals surface area contributed by atoms with E-state index in [2.05, 4.69) is 27.8 Å². The van der Waals surface area contributed by atoms with Crippen LogP contribution in [-0.2, 0) is 17.7 Å². The molecule has 2 aromatic heterocycles. The van der Waals surface area contributed by atoms with Crippen LogP contribution in [0.4, 0.5) is 0 Å². The van der Waals surface area contributed by atoms with Gasteiger partial charge in [-0.15, -0.1) is 12.4 Å². The molecule has 0 spiro atoms. The van der Waals surface area contributed by atoms with Gasteiger partial charge in [-0.05, 0) is 31.9 Å². The molecule has 1 unspecified atom stereocenters. The van der Waals surface area contributed by atoms with Crippen LogP contribution in [0.15, 0.2) is 30.6 Å². The Morgan fingerprint density at radius 2 is 2.16 bits per heavy atom. The van der Waals surface area contributed by atoms with Crippen molar-refractivity contribution in [2.45, 2.75) is 38.8 Å². The van der Waals surface area contributed by atoms with Crippen LogP contribution in [0.1, 0.15) is 30.1 Å². The molecule has 1 atom stereocenters. The van der Waals surface area contributed by atoms with Crippen LogP contribution >= 0.6 is 12.4 Å². The van der Waals surface area contributed by atoms with Crippen molar-refractivity contribution in [3.05, 3.63) is 47.8 Å². The third-order valence-electron chi connectivity index (χ3n) is 4.93. The maximum atomic E-state index is 5.74. The first kappa shape index (κ1) is 16.3. The highest BCUT2D eigenvalue weighted by Gasteiger charge is 2.25. The molecule has 130 valence electrons.